The summed E-state index contributed by atoms with van der Waals surface area (Å²) in [7, 11) is 0. The van der Waals surface area contributed by atoms with Crippen molar-refractivity contribution in [1.82, 2.24) is 15.3 Å². The number of hydrogen-bond acceptors (Lipinski definition) is 4. The number of rotatable bonds is 3. The Bertz CT molecular complexity index is 753. The van der Waals surface area contributed by atoms with Crippen LogP contribution < -0.4 is 10.6 Å². The van der Waals surface area contributed by atoms with Crippen LogP contribution >= 0.6 is 0 Å². The third kappa shape index (κ3) is 5.55. The van der Waals surface area contributed by atoms with E-state index in [2.05, 4.69) is 53.5 Å². The first kappa shape index (κ1) is 18.9. The summed E-state index contributed by atoms with van der Waals surface area (Å²) in [5.74, 6) is 0.215. The van der Waals surface area contributed by atoms with E-state index in [0.29, 0.717) is 11.6 Å². The number of nitrogens with zero attached hydrogens (tertiary/aromatic N) is 2. The summed E-state index contributed by atoms with van der Waals surface area (Å²) in [6.07, 6.45) is 0. The van der Waals surface area contributed by atoms with E-state index in [1.54, 1.807) is 6.07 Å². The van der Waals surface area contributed by atoms with Crippen molar-refractivity contribution in [3.8, 4) is 0 Å². The SMILES string of the molecule is Cc1cc(C(=O)NC(C)(C)C)nc(Nc2ccc(C(C)(C)C)cc2)n1. The third-order valence-electron chi connectivity index (χ3n) is 3.58. The van der Waals surface area contributed by atoms with Crippen molar-refractivity contribution in [3.05, 3.63) is 47.3 Å². The fraction of sp³-hybridized carbons (Fsp3) is 0.450. The summed E-state index contributed by atoms with van der Waals surface area (Å²) in [4.78, 5) is 21.1. The molecule has 0 aliphatic rings. The van der Waals surface area contributed by atoms with E-state index in [1.165, 1.54) is 5.56 Å². The molecule has 1 heterocycles. The van der Waals surface area contributed by atoms with Gasteiger partial charge in [0.25, 0.3) is 5.91 Å². The molecule has 1 aromatic carbocycles. The van der Waals surface area contributed by atoms with Gasteiger partial charge in [0.15, 0.2) is 0 Å². The molecule has 0 radical (unpaired) electrons. The van der Waals surface area contributed by atoms with Crippen molar-refractivity contribution in [2.75, 3.05) is 5.32 Å². The minimum Gasteiger partial charge on any atom is -0.346 e. The zero-order chi connectivity index (χ0) is 18.8. The predicted molar refractivity (Wildman–Crippen MR) is 102 cm³/mol. The highest BCUT2D eigenvalue weighted by Gasteiger charge is 2.18. The average molecular weight is 340 g/mol. The predicted octanol–water partition coefficient (Wildman–Crippen LogP) is 4.35. The number of hydrogen-bond donors (Lipinski definition) is 2. The Morgan fingerprint density at radius 2 is 1.56 bits per heavy atom. The van der Waals surface area contributed by atoms with Gasteiger partial charge in [-0.1, -0.05) is 32.9 Å². The molecule has 25 heavy (non-hydrogen) atoms. The molecule has 0 atom stereocenters. The van der Waals surface area contributed by atoms with Crippen molar-refractivity contribution in [1.29, 1.82) is 0 Å². The van der Waals surface area contributed by atoms with Crippen LogP contribution in [0.25, 0.3) is 0 Å². The van der Waals surface area contributed by atoms with Crippen LogP contribution in [0.15, 0.2) is 30.3 Å². The van der Waals surface area contributed by atoms with E-state index in [0.717, 1.165) is 11.4 Å². The van der Waals surface area contributed by atoms with Gasteiger partial charge in [-0.05, 0) is 56.9 Å². The molecule has 5 heteroatoms. The van der Waals surface area contributed by atoms with Gasteiger partial charge in [-0.2, -0.15) is 0 Å². The van der Waals surface area contributed by atoms with Crippen LogP contribution in [0.5, 0.6) is 0 Å². The Morgan fingerprint density at radius 3 is 2.08 bits per heavy atom. The van der Waals surface area contributed by atoms with Crippen LogP contribution in [0.2, 0.25) is 0 Å². The van der Waals surface area contributed by atoms with Crippen LogP contribution in [0.4, 0.5) is 11.6 Å². The molecule has 0 aliphatic heterocycles. The molecule has 2 rings (SSSR count). The standard InChI is InChI=1S/C20H28N4O/c1-13-12-16(17(25)24-20(5,6)7)23-18(21-13)22-15-10-8-14(9-11-15)19(2,3)4/h8-12H,1-7H3,(H,24,25)(H,21,22,23). The lowest BCUT2D eigenvalue weighted by Gasteiger charge is -2.20. The molecule has 134 valence electrons. The van der Waals surface area contributed by atoms with Gasteiger partial charge >= 0.3 is 0 Å². The summed E-state index contributed by atoms with van der Waals surface area (Å²) in [5.41, 5.74) is 3.04. The molecule has 0 bridgehead atoms. The van der Waals surface area contributed by atoms with Crippen LogP contribution in [-0.2, 0) is 5.41 Å². The summed E-state index contributed by atoms with van der Waals surface area (Å²) in [5, 5.41) is 6.10. The maximum atomic E-state index is 12.3. The maximum absolute atomic E-state index is 12.3. The van der Waals surface area contributed by atoms with Gasteiger partial charge in [-0.15, -0.1) is 0 Å². The van der Waals surface area contributed by atoms with Gasteiger partial charge in [0.05, 0.1) is 0 Å². The molecule has 0 aliphatic carbocycles. The minimum absolute atomic E-state index is 0.108. The lowest BCUT2D eigenvalue weighted by atomic mass is 9.87. The van der Waals surface area contributed by atoms with Crippen LogP contribution in [0.1, 0.15) is 63.3 Å². The van der Waals surface area contributed by atoms with E-state index in [9.17, 15) is 4.79 Å². The molecule has 0 saturated heterocycles. The van der Waals surface area contributed by atoms with E-state index in [1.807, 2.05) is 39.8 Å². The van der Waals surface area contributed by atoms with E-state index in [-0.39, 0.29) is 16.9 Å². The zero-order valence-corrected chi connectivity index (χ0v) is 16.2. The van der Waals surface area contributed by atoms with Crippen molar-refractivity contribution < 1.29 is 4.79 Å². The lowest BCUT2D eigenvalue weighted by molar-refractivity contribution is 0.0914. The number of nitrogens with one attached hydrogen (secondary N) is 2. The van der Waals surface area contributed by atoms with Gasteiger partial charge in [-0.25, -0.2) is 9.97 Å². The number of carbonyl (C=O) groups excluding carboxylic acids is 1. The summed E-state index contributed by atoms with van der Waals surface area (Å²) < 4.78 is 0. The molecule has 0 saturated carbocycles. The summed E-state index contributed by atoms with van der Waals surface area (Å²) in [6.45, 7) is 14.2. The third-order valence-corrected chi connectivity index (χ3v) is 3.58. The smallest absolute Gasteiger partial charge is 0.270 e. The molecule has 0 spiro atoms. The Morgan fingerprint density at radius 1 is 0.960 bits per heavy atom. The number of benzene rings is 1. The number of aryl methyl sites for hydroxylation is 1. The Hall–Kier alpha value is -2.43. The fourth-order valence-corrected chi connectivity index (χ4v) is 2.33. The fourth-order valence-electron chi connectivity index (χ4n) is 2.33. The number of anilines is 2. The molecule has 2 aromatic rings. The van der Waals surface area contributed by atoms with E-state index in [4.69, 9.17) is 0 Å². The highest BCUT2D eigenvalue weighted by molar-refractivity contribution is 5.93. The Balaban J connectivity index is 2.21. The maximum Gasteiger partial charge on any atom is 0.270 e. The second-order valence-corrected chi connectivity index (χ2v) is 8.37. The lowest BCUT2D eigenvalue weighted by Crippen LogP contribution is -2.41. The topological polar surface area (TPSA) is 66.9 Å². The normalized spacial score (nSPS) is 12.0. The highest BCUT2D eigenvalue weighted by Crippen LogP contribution is 2.24. The molecular weight excluding hydrogens is 312 g/mol. The van der Waals surface area contributed by atoms with Gasteiger partial charge in [0.1, 0.15) is 5.69 Å². The van der Waals surface area contributed by atoms with E-state index >= 15 is 0 Å². The van der Waals surface area contributed by atoms with Crippen molar-refractivity contribution in [2.45, 2.75) is 59.4 Å². The molecule has 5 nitrogen and oxygen atoms in total. The van der Waals surface area contributed by atoms with Gasteiger partial charge in [-0.3, -0.25) is 4.79 Å². The van der Waals surface area contributed by atoms with Crippen LogP contribution in [0.3, 0.4) is 0 Å². The second-order valence-electron chi connectivity index (χ2n) is 8.37. The number of amides is 1. The first-order valence-corrected chi connectivity index (χ1v) is 8.50. The van der Waals surface area contributed by atoms with Crippen LogP contribution in [-0.4, -0.2) is 21.4 Å². The second kappa shape index (κ2) is 6.82. The summed E-state index contributed by atoms with van der Waals surface area (Å²) >= 11 is 0. The minimum atomic E-state index is -0.313. The largest absolute Gasteiger partial charge is 0.346 e. The molecular formula is C20H28N4O. The van der Waals surface area contributed by atoms with E-state index < -0.39 is 0 Å². The summed E-state index contributed by atoms with van der Waals surface area (Å²) in [6, 6.07) is 9.87. The molecule has 1 aromatic heterocycles. The number of carbonyl (C=O) groups is 1. The van der Waals surface area contributed by atoms with Gasteiger partial charge in [0, 0.05) is 16.9 Å². The average Bonchev–Trinajstić information content (AvgIpc) is 2.44. The van der Waals surface area contributed by atoms with Crippen LogP contribution in [0, 0.1) is 6.92 Å². The van der Waals surface area contributed by atoms with Gasteiger partial charge in [0.2, 0.25) is 5.95 Å². The zero-order valence-electron chi connectivity index (χ0n) is 16.2. The number of aromatic nitrogens is 2. The Labute approximate surface area is 150 Å². The quantitative estimate of drug-likeness (QED) is 0.871. The molecule has 1 amide bonds. The first-order valence-electron chi connectivity index (χ1n) is 8.50. The molecule has 0 fully saturated rings. The monoisotopic (exact) mass is 340 g/mol. The van der Waals surface area contributed by atoms with Crippen molar-refractivity contribution in [3.63, 3.8) is 0 Å². The Kier molecular flexibility index (Phi) is 5.16. The van der Waals surface area contributed by atoms with Crippen molar-refractivity contribution in [2.24, 2.45) is 0 Å². The molecule has 0 unspecified atom stereocenters. The first-order chi connectivity index (χ1) is 11.4. The molecule has 2 N–H and O–H groups in total. The van der Waals surface area contributed by atoms with Gasteiger partial charge < -0.3 is 10.6 Å². The van der Waals surface area contributed by atoms with Crippen molar-refractivity contribution >= 4 is 17.5 Å². The highest BCUT2D eigenvalue weighted by atomic mass is 16.2.